The molecule has 3 heterocycles. The normalized spacial score (nSPS) is 16.5. The molecule has 1 saturated heterocycles. The van der Waals surface area contributed by atoms with Gasteiger partial charge in [-0.15, -0.1) is 0 Å². The Hall–Kier alpha value is -2.42. The minimum atomic E-state index is -0.496. The van der Waals surface area contributed by atoms with Gasteiger partial charge < -0.3 is 10.1 Å². The summed E-state index contributed by atoms with van der Waals surface area (Å²) in [5.41, 5.74) is 1.08. The second-order valence-corrected chi connectivity index (χ2v) is 6.96. The number of hydrogen-bond donors (Lipinski definition) is 1. The minimum Gasteiger partial charge on any atom is -0.379 e. The van der Waals surface area contributed by atoms with E-state index in [2.05, 4.69) is 20.2 Å². The Morgan fingerprint density at radius 1 is 1.27 bits per heavy atom. The number of morpholine rings is 1. The Balaban J connectivity index is 1.62. The number of pyridine rings is 1. The van der Waals surface area contributed by atoms with E-state index in [1.807, 2.05) is 12.1 Å². The van der Waals surface area contributed by atoms with Gasteiger partial charge in [0.2, 0.25) is 5.91 Å². The van der Waals surface area contributed by atoms with Crippen molar-refractivity contribution in [3.8, 4) is 0 Å². The van der Waals surface area contributed by atoms with E-state index in [0.717, 1.165) is 5.56 Å². The first-order valence-electron chi connectivity index (χ1n) is 8.30. The molecule has 1 N–H and O–H groups in total. The van der Waals surface area contributed by atoms with E-state index >= 15 is 0 Å². The number of benzene rings is 1. The molecule has 0 aliphatic carbocycles. The van der Waals surface area contributed by atoms with Gasteiger partial charge in [-0.25, -0.2) is 9.37 Å². The van der Waals surface area contributed by atoms with Gasteiger partial charge >= 0.3 is 0 Å². The van der Waals surface area contributed by atoms with Crippen LogP contribution in [-0.4, -0.2) is 47.1 Å². The Labute approximate surface area is 153 Å². The van der Waals surface area contributed by atoms with Crippen molar-refractivity contribution in [1.82, 2.24) is 14.9 Å². The number of ether oxygens (including phenoxy) is 1. The number of anilines is 1. The van der Waals surface area contributed by atoms with E-state index < -0.39 is 11.9 Å². The number of hydrogen-bond acceptors (Lipinski definition) is 6. The van der Waals surface area contributed by atoms with Crippen molar-refractivity contribution in [2.45, 2.75) is 6.04 Å². The molecule has 6 nitrogen and oxygen atoms in total. The largest absolute Gasteiger partial charge is 0.379 e. The summed E-state index contributed by atoms with van der Waals surface area (Å²) in [6, 6.07) is 7.97. The number of amides is 1. The lowest BCUT2D eigenvalue weighted by atomic mass is 10.1. The van der Waals surface area contributed by atoms with Gasteiger partial charge in [0.25, 0.3) is 0 Å². The topological polar surface area (TPSA) is 67.4 Å². The van der Waals surface area contributed by atoms with E-state index in [4.69, 9.17) is 4.74 Å². The van der Waals surface area contributed by atoms with E-state index in [0.29, 0.717) is 36.1 Å². The summed E-state index contributed by atoms with van der Waals surface area (Å²) in [6.45, 7) is 2.47. The van der Waals surface area contributed by atoms with Crippen LogP contribution in [0.2, 0.25) is 0 Å². The Morgan fingerprint density at radius 3 is 2.85 bits per heavy atom. The van der Waals surface area contributed by atoms with Crippen LogP contribution in [0.1, 0.15) is 11.6 Å². The van der Waals surface area contributed by atoms with Gasteiger partial charge in [-0.3, -0.25) is 14.7 Å². The molecule has 0 saturated carbocycles. The number of rotatable bonds is 4. The van der Waals surface area contributed by atoms with E-state index in [1.54, 1.807) is 24.5 Å². The summed E-state index contributed by atoms with van der Waals surface area (Å²) < 4.78 is 19.9. The Bertz CT molecular complexity index is 912. The van der Waals surface area contributed by atoms with E-state index in [-0.39, 0.29) is 11.4 Å². The quantitative estimate of drug-likeness (QED) is 0.763. The fraction of sp³-hybridized carbons (Fsp3) is 0.278. The van der Waals surface area contributed by atoms with Crippen molar-refractivity contribution in [1.29, 1.82) is 0 Å². The SMILES string of the molecule is O=C(Nc1nc2c(F)cccc2s1)C(c1cccnc1)N1CCOCC1. The van der Waals surface area contributed by atoms with Crippen molar-refractivity contribution >= 4 is 32.6 Å². The first kappa shape index (κ1) is 17.0. The Morgan fingerprint density at radius 2 is 2.12 bits per heavy atom. The molecular formula is C18H17FN4O2S. The fourth-order valence-corrected chi connectivity index (χ4v) is 3.93. The molecular weight excluding hydrogens is 355 g/mol. The second kappa shape index (κ2) is 7.45. The molecule has 1 aliphatic rings. The van der Waals surface area contributed by atoms with Crippen LogP contribution >= 0.6 is 11.3 Å². The van der Waals surface area contributed by atoms with E-state index in [1.165, 1.54) is 17.4 Å². The number of carbonyl (C=O) groups excluding carboxylic acids is 1. The summed E-state index contributed by atoms with van der Waals surface area (Å²) in [7, 11) is 0. The maximum Gasteiger partial charge on any atom is 0.248 e. The number of halogens is 1. The molecule has 134 valence electrons. The summed E-state index contributed by atoms with van der Waals surface area (Å²) in [5, 5.41) is 3.23. The molecule has 0 radical (unpaired) electrons. The van der Waals surface area contributed by atoms with Gasteiger partial charge in [0.05, 0.1) is 17.9 Å². The third-order valence-corrected chi connectivity index (χ3v) is 5.20. The van der Waals surface area contributed by atoms with Crippen LogP contribution in [-0.2, 0) is 9.53 Å². The molecule has 4 rings (SSSR count). The standard InChI is InChI=1S/C18H17FN4O2S/c19-13-4-1-5-14-15(13)21-18(26-14)22-17(24)16(12-3-2-6-20-11-12)23-7-9-25-10-8-23/h1-6,11,16H,7-10H2,(H,21,22,24). The van der Waals surface area contributed by atoms with Gasteiger partial charge in [-0.2, -0.15) is 0 Å². The predicted octanol–water partition coefficient (Wildman–Crippen LogP) is 2.84. The number of carbonyl (C=O) groups is 1. The molecule has 0 spiro atoms. The van der Waals surface area contributed by atoms with Crippen LogP contribution in [0.4, 0.5) is 9.52 Å². The number of fused-ring (bicyclic) bond motifs is 1. The molecule has 0 bridgehead atoms. The third kappa shape index (κ3) is 3.44. The highest BCUT2D eigenvalue weighted by Gasteiger charge is 2.30. The molecule has 26 heavy (non-hydrogen) atoms. The molecule has 1 aromatic carbocycles. The number of aromatic nitrogens is 2. The van der Waals surface area contributed by atoms with Crippen molar-refractivity contribution < 1.29 is 13.9 Å². The second-order valence-electron chi connectivity index (χ2n) is 5.93. The lowest BCUT2D eigenvalue weighted by molar-refractivity contribution is -0.123. The highest BCUT2D eigenvalue weighted by molar-refractivity contribution is 7.22. The average molecular weight is 372 g/mol. The van der Waals surface area contributed by atoms with Crippen LogP contribution in [0.15, 0.2) is 42.7 Å². The van der Waals surface area contributed by atoms with Gasteiger partial charge in [0.15, 0.2) is 5.13 Å². The molecule has 8 heteroatoms. The highest BCUT2D eigenvalue weighted by atomic mass is 32.1. The van der Waals surface area contributed by atoms with Gasteiger partial charge in [-0.1, -0.05) is 23.5 Å². The molecule has 1 amide bonds. The van der Waals surface area contributed by atoms with Gasteiger partial charge in [-0.05, 0) is 23.8 Å². The van der Waals surface area contributed by atoms with Crippen LogP contribution in [0.3, 0.4) is 0 Å². The lowest BCUT2D eigenvalue weighted by Crippen LogP contribution is -2.43. The number of nitrogens with zero attached hydrogens (tertiary/aromatic N) is 3. The van der Waals surface area contributed by atoms with Crippen molar-refractivity contribution in [2.24, 2.45) is 0 Å². The lowest BCUT2D eigenvalue weighted by Gasteiger charge is -2.33. The fourth-order valence-electron chi connectivity index (χ4n) is 3.04. The van der Waals surface area contributed by atoms with Crippen LogP contribution in [0, 0.1) is 5.82 Å². The third-order valence-electron chi connectivity index (χ3n) is 4.26. The molecule has 2 aromatic heterocycles. The van der Waals surface area contributed by atoms with Crippen molar-refractivity contribution in [2.75, 3.05) is 31.6 Å². The van der Waals surface area contributed by atoms with Crippen LogP contribution < -0.4 is 5.32 Å². The van der Waals surface area contributed by atoms with E-state index in [9.17, 15) is 9.18 Å². The maximum atomic E-state index is 13.9. The predicted molar refractivity (Wildman–Crippen MR) is 97.6 cm³/mol. The monoisotopic (exact) mass is 372 g/mol. The average Bonchev–Trinajstić information content (AvgIpc) is 3.07. The zero-order valence-electron chi connectivity index (χ0n) is 13.9. The molecule has 3 aromatic rings. The number of para-hydroxylation sites is 1. The summed E-state index contributed by atoms with van der Waals surface area (Å²) in [4.78, 5) is 23.4. The Kier molecular flexibility index (Phi) is 4.87. The number of nitrogens with one attached hydrogen (secondary N) is 1. The zero-order chi connectivity index (χ0) is 17.9. The van der Waals surface area contributed by atoms with Gasteiger partial charge in [0.1, 0.15) is 17.4 Å². The van der Waals surface area contributed by atoms with Crippen LogP contribution in [0.25, 0.3) is 10.2 Å². The van der Waals surface area contributed by atoms with Crippen molar-refractivity contribution in [3.63, 3.8) is 0 Å². The molecule has 1 aliphatic heterocycles. The summed E-state index contributed by atoms with van der Waals surface area (Å²) in [6.07, 6.45) is 3.37. The maximum absolute atomic E-state index is 13.9. The first-order chi connectivity index (χ1) is 12.7. The van der Waals surface area contributed by atoms with Crippen molar-refractivity contribution in [3.05, 3.63) is 54.1 Å². The summed E-state index contributed by atoms with van der Waals surface area (Å²) in [5.74, 6) is -0.601. The summed E-state index contributed by atoms with van der Waals surface area (Å²) >= 11 is 1.26. The molecule has 1 fully saturated rings. The first-order valence-corrected chi connectivity index (χ1v) is 9.11. The highest BCUT2D eigenvalue weighted by Crippen LogP contribution is 2.29. The van der Waals surface area contributed by atoms with Gasteiger partial charge in [0, 0.05) is 25.5 Å². The molecule has 1 unspecified atom stereocenters. The number of thiazole rings is 1. The molecule has 1 atom stereocenters. The zero-order valence-corrected chi connectivity index (χ0v) is 14.7. The minimum absolute atomic E-state index is 0.209. The smallest absolute Gasteiger partial charge is 0.248 e. The van der Waals surface area contributed by atoms with Crippen LogP contribution in [0.5, 0.6) is 0 Å².